The molecule has 0 aliphatic carbocycles. The molecule has 0 spiro atoms. The maximum atomic E-state index is 13.6. The number of hydrogen-bond donors (Lipinski definition) is 5. The van der Waals surface area contributed by atoms with Crippen molar-refractivity contribution in [2.45, 2.75) is 31.3 Å². The van der Waals surface area contributed by atoms with Gasteiger partial charge in [-0.05, 0) is 41.7 Å². The minimum absolute atomic E-state index is 0.0467. The Bertz CT molecular complexity index is 1240. The van der Waals surface area contributed by atoms with Crippen LogP contribution < -0.4 is 27.4 Å². The zero-order chi connectivity index (χ0) is 28.2. The molecule has 0 unspecified atom stereocenters. The van der Waals surface area contributed by atoms with Gasteiger partial charge in [0.1, 0.15) is 6.04 Å². The summed E-state index contributed by atoms with van der Waals surface area (Å²) in [4.78, 5) is 41.7. The maximum absolute atomic E-state index is 13.6. The molecule has 0 saturated heterocycles. The van der Waals surface area contributed by atoms with E-state index in [1.54, 1.807) is 12.1 Å². The topological polar surface area (TPSA) is 152 Å². The molecular formula is C28H30Cl2N6O3. The van der Waals surface area contributed by atoms with Crippen molar-refractivity contribution in [3.63, 3.8) is 0 Å². The van der Waals surface area contributed by atoms with Gasteiger partial charge in [0.05, 0.1) is 21.7 Å². The van der Waals surface area contributed by atoms with Crippen molar-refractivity contribution in [2.75, 3.05) is 11.9 Å². The van der Waals surface area contributed by atoms with Crippen LogP contribution in [0.2, 0.25) is 10.0 Å². The molecule has 0 aliphatic heterocycles. The first-order valence-corrected chi connectivity index (χ1v) is 13.0. The molecule has 0 fully saturated rings. The summed E-state index contributed by atoms with van der Waals surface area (Å²) in [7, 11) is 0. The summed E-state index contributed by atoms with van der Waals surface area (Å²) in [5.41, 5.74) is 13.3. The van der Waals surface area contributed by atoms with E-state index >= 15 is 0 Å². The molecule has 3 rings (SSSR count). The van der Waals surface area contributed by atoms with Crippen LogP contribution in [-0.4, -0.2) is 36.8 Å². The summed E-state index contributed by atoms with van der Waals surface area (Å²) in [5.74, 6) is -1.37. The quantitative estimate of drug-likeness (QED) is 0.0923. The van der Waals surface area contributed by atoms with Crippen LogP contribution in [0.15, 0.2) is 77.8 Å². The highest BCUT2D eigenvalue weighted by Gasteiger charge is 2.27. The Morgan fingerprint density at radius 3 is 1.97 bits per heavy atom. The van der Waals surface area contributed by atoms with Crippen molar-refractivity contribution < 1.29 is 14.4 Å². The minimum atomic E-state index is -0.858. The first-order valence-electron chi connectivity index (χ1n) is 12.2. The third-order valence-corrected chi connectivity index (χ3v) is 6.47. The predicted molar refractivity (Wildman–Crippen MR) is 155 cm³/mol. The summed E-state index contributed by atoms with van der Waals surface area (Å²) < 4.78 is 0. The summed E-state index contributed by atoms with van der Waals surface area (Å²) in [6, 6.07) is 21.0. The van der Waals surface area contributed by atoms with E-state index in [9.17, 15) is 14.4 Å². The number of benzene rings is 3. The van der Waals surface area contributed by atoms with E-state index in [4.69, 9.17) is 34.7 Å². The van der Waals surface area contributed by atoms with E-state index in [2.05, 4.69) is 20.9 Å². The van der Waals surface area contributed by atoms with Crippen LogP contribution in [-0.2, 0) is 20.9 Å². The van der Waals surface area contributed by atoms with Gasteiger partial charge in [-0.3, -0.25) is 19.4 Å². The smallest absolute Gasteiger partial charge is 0.242 e. The second kappa shape index (κ2) is 14.8. The number of aliphatic imine (C=N–C) groups is 1. The molecule has 9 nitrogen and oxygen atoms in total. The highest BCUT2D eigenvalue weighted by atomic mass is 35.5. The van der Waals surface area contributed by atoms with E-state index in [0.717, 1.165) is 11.1 Å². The Hall–Kier alpha value is -4.08. The van der Waals surface area contributed by atoms with Crippen LogP contribution in [0.3, 0.4) is 0 Å². The lowest BCUT2D eigenvalue weighted by Gasteiger charge is -2.23. The van der Waals surface area contributed by atoms with Crippen LogP contribution in [0.5, 0.6) is 0 Å². The van der Waals surface area contributed by atoms with Crippen LogP contribution in [0.25, 0.3) is 0 Å². The molecule has 7 N–H and O–H groups in total. The fraction of sp³-hybridized carbons (Fsp3) is 0.214. The fourth-order valence-electron chi connectivity index (χ4n) is 4.05. The van der Waals surface area contributed by atoms with Crippen molar-refractivity contribution in [1.29, 1.82) is 0 Å². The number of anilines is 1. The first kappa shape index (κ1) is 29.5. The molecule has 39 heavy (non-hydrogen) atoms. The Morgan fingerprint density at radius 2 is 1.46 bits per heavy atom. The van der Waals surface area contributed by atoms with Gasteiger partial charge in [0.25, 0.3) is 0 Å². The van der Waals surface area contributed by atoms with E-state index in [1.165, 1.54) is 0 Å². The molecule has 204 valence electrons. The van der Waals surface area contributed by atoms with Gasteiger partial charge in [-0.2, -0.15) is 0 Å². The normalized spacial score (nSPS) is 11.4. The van der Waals surface area contributed by atoms with Crippen LogP contribution in [0.4, 0.5) is 5.69 Å². The zero-order valence-electron chi connectivity index (χ0n) is 21.1. The number of rotatable bonds is 13. The number of hydrogen-bond acceptors (Lipinski definition) is 4. The lowest BCUT2D eigenvalue weighted by molar-refractivity contribution is -0.129. The van der Waals surface area contributed by atoms with Crippen molar-refractivity contribution in [2.24, 2.45) is 16.5 Å². The third-order valence-electron chi connectivity index (χ3n) is 5.88. The average Bonchev–Trinajstić information content (AvgIpc) is 2.92. The molecular weight excluding hydrogens is 539 g/mol. The van der Waals surface area contributed by atoms with E-state index in [-0.39, 0.29) is 34.1 Å². The lowest BCUT2D eigenvalue weighted by Crippen LogP contribution is -2.48. The SMILES string of the molecule is NC(N)=NCCC[C@@H](NC(=O)C(c1ccccc1)c1ccccc1)C(=O)NCc1cc(Cl)c(NC=O)c(Cl)c1. The Balaban J connectivity index is 1.79. The number of amides is 3. The molecule has 11 heteroatoms. The van der Waals surface area contributed by atoms with Gasteiger partial charge in [0.15, 0.2) is 5.96 Å². The van der Waals surface area contributed by atoms with E-state index < -0.39 is 17.9 Å². The lowest BCUT2D eigenvalue weighted by atomic mass is 9.90. The Labute approximate surface area is 237 Å². The molecule has 0 heterocycles. The molecule has 3 aromatic carbocycles. The molecule has 3 aromatic rings. The van der Waals surface area contributed by atoms with Crippen LogP contribution in [0.1, 0.15) is 35.4 Å². The standard InChI is InChI=1S/C28H30Cl2N6O3/c29-21-14-18(15-22(30)25(21)35-17-37)16-34-26(38)23(12-7-13-33-28(31)32)36-27(39)24(19-8-3-1-4-9-19)20-10-5-2-6-11-20/h1-6,8-11,14-15,17,23-24H,7,12-13,16H2,(H,34,38)(H,35,37)(H,36,39)(H4,31,32,33)/t23-/m1/s1. The molecule has 1 atom stereocenters. The summed E-state index contributed by atoms with van der Waals surface area (Å²) in [5, 5.41) is 8.66. The van der Waals surface area contributed by atoms with Crippen molar-refractivity contribution in [3.8, 4) is 0 Å². The van der Waals surface area contributed by atoms with E-state index in [0.29, 0.717) is 31.4 Å². The number of halogens is 2. The summed E-state index contributed by atoms with van der Waals surface area (Å²) in [6.45, 7) is 0.403. The van der Waals surface area contributed by atoms with Gasteiger partial charge in [-0.1, -0.05) is 83.9 Å². The van der Waals surface area contributed by atoms with Crippen LogP contribution >= 0.6 is 23.2 Å². The first-order chi connectivity index (χ1) is 18.8. The number of nitrogens with two attached hydrogens (primary N) is 2. The monoisotopic (exact) mass is 568 g/mol. The number of carbonyl (C=O) groups excluding carboxylic acids is 3. The average molecular weight is 569 g/mol. The molecule has 0 aliphatic rings. The Kier molecular flexibility index (Phi) is 11.1. The van der Waals surface area contributed by atoms with Gasteiger partial charge in [-0.25, -0.2) is 0 Å². The highest BCUT2D eigenvalue weighted by molar-refractivity contribution is 6.39. The largest absolute Gasteiger partial charge is 0.370 e. The van der Waals surface area contributed by atoms with Crippen molar-refractivity contribution >= 4 is 53.1 Å². The third kappa shape index (κ3) is 8.73. The zero-order valence-corrected chi connectivity index (χ0v) is 22.6. The predicted octanol–water partition coefficient (Wildman–Crippen LogP) is 3.55. The highest BCUT2D eigenvalue weighted by Crippen LogP contribution is 2.31. The minimum Gasteiger partial charge on any atom is -0.370 e. The molecule has 0 saturated carbocycles. The summed E-state index contributed by atoms with van der Waals surface area (Å²) >= 11 is 12.4. The summed E-state index contributed by atoms with van der Waals surface area (Å²) in [6.07, 6.45) is 1.23. The van der Waals surface area contributed by atoms with Gasteiger partial charge in [-0.15, -0.1) is 0 Å². The van der Waals surface area contributed by atoms with Crippen molar-refractivity contribution in [1.82, 2.24) is 10.6 Å². The van der Waals surface area contributed by atoms with E-state index in [1.807, 2.05) is 60.7 Å². The van der Waals surface area contributed by atoms with Crippen LogP contribution in [0, 0.1) is 0 Å². The number of guanidine groups is 1. The van der Waals surface area contributed by atoms with Gasteiger partial charge < -0.3 is 27.4 Å². The van der Waals surface area contributed by atoms with Gasteiger partial charge in [0.2, 0.25) is 18.2 Å². The molecule has 0 aromatic heterocycles. The number of nitrogens with zero attached hydrogens (tertiary/aromatic N) is 1. The van der Waals surface area contributed by atoms with Gasteiger partial charge in [0, 0.05) is 13.1 Å². The molecule has 0 bridgehead atoms. The molecule has 3 amide bonds. The number of carbonyl (C=O) groups is 3. The van der Waals surface area contributed by atoms with Crippen molar-refractivity contribution in [3.05, 3.63) is 99.5 Å². The maximum Gasteiger partial charge on any atom is 0.242 e. The van der Waals surface area contributed by atoms with Gasteiger partial charge >= 0.3 is 0 Å². The Morgan fingerprint density at radius 1 is 0.897 bits per heavy atom. The fourth-order valence-corrected chi connectivity index (χ4v) is 4.69. The molecule has 0 radical (unpaired) electrons. The second-order valence-corrected chi connectivity index (χ2v) is 9.49. The second-order valence-electron chi connectivity index (χ2n) is 8.68. The number of nitrogens with one attached hydrogen (secondary N) is 3.